The van der Waals surface area contributed by atoms with E-state index in [1.807, 2.05) is 43.6 Å². The van der Waals surface area contributed by atoms with Gasteiger partial charge in [0.2, 0.25) is 0 Å². The van der Waals surface area contributed by atoms with E-state index >= 15 is 0 Å². The molecule has 6 nitrogen and oxygen atoms in total. The first-order valence-electron chi connectivity index (χ1n) is 8.50. The van der Waals surface area contributed by atoms with Crippen molar-refractivity contribution >= 4 is 33.8 Å². The Morgan fingerprint density at radius 1 is 1.04 bits per heavy atom. The first-order chi connectivity index (χ1) is 13.7. The van der Waals surface area contributed by atoms with E-state index in [4.69, 9.17) is 16.6 Å². The Hall–Kier alpha value is -3.16. The van der Waals surface area contributed by atoms with Crippen LogP contribution >= 0.6 is 22.9 Å². The SMILES string of the molecule is Cn1ccc2c(-c3sc(-c4cncnc4)nc3Cl)nc(-c3ccccn3)cc21. The van der Waals surface area contributed by atoms with E-state index in [2.05, 4.69) is 24.5 Å². The summed E-state index contributed by atoms with van der Waals surface area (Å²) in [6, 6.07) is 9.87. The summed E-state index contributed by atoms with van der Waals surface area (Å²) in [5.74, 6) is 0. The van der Waals surface area contributed by atoms with E-state index in [-0.39, 0.29) is 0 Å². The van der Waals surface area contributed by atoms with Crippen LogP contribution in [0, 0.1) is 0 Å². The third-order valence-corrected chi connectivity index (χ3v) is 5.91. The van der Waals surface area contributed by atoms with Gasteiger partial charge in [0.05, 0.1) is 27.5 Å². The third kappa shape index (κ3) is 2.85. The van der Waals surface area contributed by atoms with Crippen LogP contribution in [0.15, 0.2) is 61.4 Å². The lowest BCUT2D eigenvalue weighted by Crippen LogP contribution is -1.93. The Morgan fingerprint density at radius 2 is 1.89 bits per heavy atom. The Labute approximate surface area is 169 Å². The maximum atomic E-state index is 6.53. The summed E-state index contributed by atoms with van der Waals surface area (Å²) in [5.41, 5.74) is 4.28. The molecule has 5 aromatic rings. The smallest absolute Gasteiger partial charge is 0.150 e. The monoisotopic (exact) mass is 404 g/mol. The molecule has 5 aromatic heterocycles. The topological polar surface area (TPSA) is 69.4 Å². The highest BCUT2D eigenvalue weighted by molar-refractivity contribution is 7.19. The minimum absolute atomic E-state index is 0.416. The van der Waals surface area contributed by atoms with Crippen LogP contribution < -0.4 is 0 Å². The van der Waals surface area contributed by atoms with Gasteiger partial charge in [-0.25, -0.2) is 19.9 Å². The first kappa shape index (κ1) is 17.0. The summed E-state index contributed by atoms with van der Waals surface area (Å²) < 4.78 is 2.06. The lowest BCUT2D eigenvalue weighted by atomic mass is 10.1. The maximum Gasteiger partial charge on any atom is 0.150 e. The summed E-state index contributed by atoms with van der Waals surface area (Å²) in [6.07, 6.45) is 8.71. The van der Waals surface area contributed by atoms with Crippen molar-refractivity contribution in [3.63, 3.8) is 0 Å². The molecular formula is C20H13ClN6S. The Bertz CT molecular complexity index is 1280. The number of pyridine rings is 2. The van der Waals surface area contributed by atoms with E-state index < -0.39 is 0 Å². The van der Waals surface area contributed by atoms with Crippen LogP contribution in [0.3, 0.4) is 0 Å². The van der Waals surface area contributed by atoms with Crippen molar-refractivity contribution < 1.29 is 0 Å². The van der Waals surface area contributed by atoms with E-state index in [1.54, 1.807) is 18.6 Å². The van der Waals surface area contributed by atoms with Crippen molar-refractivity contribution in [2.45, 2.75) is 0 Å². The van der Waals surface area contributed by atoms with Gasteiger partial charge < -0.3 is 4.57 Å². The maximum absolute atomic E-state index is 6.53. The molecule has 0 saturated carbocycles. The molecule has 0 N–H and O–H groups in total. The molecule has 5 heterocycles. The second kappa shape index (κ2) is 6.78. The van der Waals surface area contributed by atoms with Crippen LogP contribution in [0.2, 0.25) is 5.15 Å². The van der Waals surface area contributed by atoms with Gasteiger partial charge in [0.25, 0.3) is 0 Å². The molecule has 0 fully saturated rings. The molecule has 0 radical (unpaired) electrons. The fourth-order valence-electron chi connectivity index (χ4n) is 3.06. The van der Waals surface area contributed by atoms with Gasteiger partial charge in [-0.2, -0.15) is 0 Å². The van der Waals surface area contributed by atoms with Crippen molar-refractivity contribution in [1.82, 2.24) is 29.5 Å². The second-order valence-corrected chi connectivity index (χ2v) is 7.55. The molecule has 0 aliphatic heterocycles. The number of nitrogens with zero attached hydrogens (tertiary/aromatic N) is 6. The van der Waals surface area contributed by atoms with Crippen LogP contribution in [0.25, 0.3) is 43.4 Å². The predicted molar refractivity (Wildman–Crippen MR) is 111 cm³/mol. The predicted octanol–water partition coefficient (Wildman–Crippen LogP) is 4.87. The number of fused-ring (bicyclic) bond motifs is 1. The average Bonchev–Trinajstić information content (AvgIpc) is 3.32. The van der Waals surface area contributed by atoms with Crippen LogP contribution in [0.5, 0.6) is 0 Å². The summed E-state index contributed by atoms with van der Waals surface area (Å²) >= 11 is 8.01. The van der Waals surface area contributed by atoms with Gasteiger partial charge >= 0.3 is 0 Å². The third-order valence-electron chi connectivity index (χ3n) is 4.42. The van der Waals surface area contributed by atoms with E-state index in [0.29, 0.717) is 5.15 Å². The van der Waals surface area contributed by atoms with Gasteiger partial charge in [-0.3, -0.25) is 4.98 Å². The molecule has 0 aliphatic rings. The summed E-state index contributed by atoms with van der Waals surface area (Å²) in [7, 11) is 2.01. The lowest BCUT2D eigenvalue weighted by molar-refractivity contribution is 0.968. The largest absolute Gasteiger partial charge is 0.350 e. The molecular weight excluding hydrogens is 392 g/mol. The van der Waals surface area contributed by atoms with Gasteiger partial charge in [0.1, 0.15) is 16.5 Å². The quantitative estimate of drug-likeness (QED) is 0.429. The minimum Gasteiger partial charge on any atom is -0.350 e. The molecule has 5 rings (SSSR count). The number of hydrogen-bond donors (Lipinski definition) is 0. The fourth-order valence-corrected chi connectivity index (χ4v) is 4.34. The zero-order chi connectivity index (χ0) is 19.1. The molecule has 0 bridgehead atoms. The Balaban J connectivity index is 1.74. The lowest BCUT2D eigenvalue weighted by Gasteiger charge is -2.07. The number of rotatable bonds is 3. The molecule has 0 spiro atoms. The van der Waals surface area contributed by atoms with Crippen LogP contribution in [-0.2, 0) is 7.05 Å². The van der Waals surface area contributed by atoms with Gasteiger partial charge in [-0.05, 0) is 24.3 Å². The molecule has 0 aromatic carbocycles. The van der Waals surface area contributed by atoms with Crippen molar-refractivity contribution in [3.8, 4) is 32.5 Å². The van der Waals surface area contributed by atoms with Gasteiger partial charge in [-0.15, -0.1) is 11.3 Å². The highest BCUT2D eigenvalue weighted by atomic mass is 35.5. The van der Waals surface area contributed by atoms with Crippen LogP contribution in [-0.4, -0.2) is 29.5 Å². The number of aryl methyl sites for hydroxylation is 1. The molecule has 0 saturated heterocycles. The second-order valence-electron chi connectivity index (χ2n) is 6.20. The molecule has 0 aliphatic carbocycles. The fraction of sp³-hybridized carbons (Fsp3) is 0.0500. The summed E-state index contributed by atoms with van der Waals surface area (Å²) in [5, 5.41) is 2.19. The molecule has 136 valence electrons. The first-order valence-corrected chi connectivity index (χ1v) is 9.70. The van der Waals surface area contributed by atoms with E-state index in [1.165, 1.54) is 17.7 Å². The standard InChI is InChI=1S/C20H13ClN6S/c1-27-7-5-13-16(27)8-15(14-4-2-3-6-24-14)25-17(13)18-19(21)26-20(28-18)12-9-22-11-23-10-12/h2-11H,1H3. The number of hydrogen-bond acceptors (Lipinski definition) is 6. The normalized spacial score (nSPS) is 11.2. The zero-order valence-corrected chi connectivity index (χ0v) is 16.3. The van der Waals surface area contributed by atoms with Crippen LogP contribution in [0.1, 0.15) is 0 Å². The van der Waals surface area contributed by atoms with Crippen molar-refractivity contribution in [3.05, 3.63) is 66.6 Å². The molecule has 0 amide bonds. The van der Waals surface area contributed by atoms with Crippen molar-refractivity contribution in [2.24, 2.45) is 7.05 Å². The van der Waals surface area contributed by atoms with Gasteiger partial charge in [-0.1, -0.05) is 17.7 Å². The van der Waals surface area contributed by atoms with Crippen molar-refractivity contribution in [1.29, 1.82) is 0 Å². The zero-order valence-electron chi connectivity index (χ0n) is 14.7. The van der Waals surface area contributed by atoms with Crippen molar-refractivity contribution in [2.75, 3.05) is 0 Å². The molecule has 0 atom stereocenters. The molecule has 8 heteroatoms. The molecule has 28 heavy (non-hydrogen) atoms. The number of thiazole rings is 1. The van der Waals surface area contributed by atoms with E-state index in [0.717, 1.165) is 43.4 Å². The highest BCUT2D eigenvalue weighted by Gasteiger charge is 2.19. The van der Waals surface area contributed by atoms with Gasteiger partial charge in [0, 0.05) is 42.8 Å². The Morgan fingerprint density at radius 3 is 2.68 bits per heavy atom. The van der Waals surface area contributed by atoms with Gasteiger partial charge in [0.15, 0.2) is 0 Å². The molecule has 0 unspecified atom stereocenters. The number of halogens is 1. The Kier molecular flexibility index (Phi) is 4.11. The average molecular weight is 405 g/mol. The highest BCUT2D eigenvalue weighted by Crippen LogP contribution is 2.40. The van der Waals surface area contributed by atoms with E-state index in [9.17, 15) is 0 Å². The van der Waals surface area contributed by atoms with Crippen LogP contribution in [0.4, 0.5) is 0 Å². The summed E-state index contributed by atoms with van der Waals surface area (Å²) in [6.45, 7) is 0. The summed E-state index contributed by atoms with van der Waals surface area (Å²) in [4.78, 5) is 22.8. The number of aromatic nitrogens is 6. The minimum atomic E-state index is 0.416.